The van der Waals surface area contributed by atoms with Crippen LogP contribution < -0.4 is 15.6 Å². The lowest BCUT2D eigenvalue weighted by Gasteiger charge is -2.10. The molecule has 1 aromatic heterocycles. The molecule has 1 N–H and O–H groups in total. The molecule has 0 radical (unpaired) electrons. The second-order valence-electron chi connectivity index (χ2n) is 7.13. The monoisotopic (exact) mass is 430 g/mol. The molecule has 1 heterocycles. The fraction of sp³-hybridized carbons (Fsp3) is 0.0870. The molecule has 0 saturated heterocycles. The summed E-state index contributed by atoms with van der Waals surface area (Å²) in [6, 6.07) is 18.3. The fourth-order valence-corrected chi connectivity index (χ4v) is 3.15. The van der Waals surface area contributed by atoms with Crippen molar-refractivity contribution in [3.63, 3.8) is 0 Å². The van der Waals surface area contributed by atoms with E-state index in [1.54, 1.807) is 24.3 Å². The maximum atomic E-state index is 12.6. The number of nitro benzene ring substituents is 1. The first-order valence-corrected chi connectivity index (χ1v) is 9.67. The minimum atomic E-state index is -0.588. The van der Waals surface area contributed by atoms with E-state index in [4.69, 9.17) is 4.74 Å². The molecule has 0 saturated carbocycles. The molecule has 0 aliphatic rings. The van der Waals surface area contributed by atoms with Crippen LogP contribution in [-0.4, -0.2) is 20.4 Å². The van der Waals surface area contributed by atoms with Crippen LogP contribution in [-0.2, 0) is 11.3 Å². The van der Waals surface area contributed by atoms with E-state index in [1.807, 2.05) is 31.2 Å². The van der Waals surface area contributed by atoms with Crippen LogP contribution in [0.25, 0.3) is 10.9 Å². The number of anilines is 1. The number of rotatable bonds is 6. The highest BCUT2D eigenvalue weighted by Gasteiger charge is 2.13. The predicted octanol–water partition coefficient (Wildman–Crippen LogP) is 4.04. The number of fused-ring (bicyclic) bond motifs is 1. The van der Waals surface area contributed by atoms with Crippen molar-refractivity contribution in [1.82, 2.24) is 9.55 Å². The Bertz CT molecular complexity index is 1380. The third kappa shape index (κ3) is 4.62. The normalized spacial score (nSPS) is 10.7. The van der Waals surface area contributed by atoms with Gasteiger partial charge in [0.2, 0.25) is 5.91 Å². The van der Waals surface area contributed by atoms with Gasteiger partial charge in [0.05, 0.1) is 22.2 Å². The van der Waals surface area contributed by atoms with Crippen molar-refractivity contribution in [2.24, 2.45) is 0 Å². The predicted molar refractivity (Wildman–Crippen MR) is 119 cm³/mol. The molecule has 0 aliphatic heterocycles. The number of aromatic nitrogens is 2. The first-order valence-electron chi connectivity index (χ1n) is 9.67. The van der Waals surface area contributed by atoms with Crippen LogP contribution in [0.3, 0.4) is 0 Å². The molecule has 160 valence electrons. The van der Waals surface area contributed by atoms with E-state index in [0.717, 1.165) is 16.2 Å². The van der Waals surface area contributed by atoms with Crippen molar-refractivity contribution in [3.05, 3.63) is 99.1 Å². The minimum absolute atomic E-state index is 0.0761. The molecule has 4 rings (SSSR count). The molecular formula is C23H18N4O5. The fourth-order valence-electron chi connectivity index (χ4n) is 3.15. The van der Waals surface area contributed by atoms with Gasteiger partial charge < -0.3 is 10.1 Å². The molecule has 1 amide bonds. The molecular weight excluding hydrogens is 412 g/mol. The Morgan fingerprint density at radius 2 is 1.88 bits per heavy atom. The summed E-state index contributed by atoms with van der Waals surface area (Å²) in [6.07, 6.45) is 1.24. The number of nitrogens with zero attached hydrogens (tertiary/aromatic N) is 3. The second-order valence-corrected chi connectivity index (χ2v) is 7.13. The van der Waals surface area contributed by atoms with E-state index >= 15 is 0 Å². The number of non-ortho nitro benzene ring substituents is 1. The summed E-state index contributed by atoms with van der Waals surface area (Å²) in [5.41, 5.74) is 1.19. The lowest BCUT2D eigenvalue weighted by atomic mass is 10.2. The first-order chi connectivity index (χ1) is 15.4. The number of nitrogens with one attached hydrogen (secondary N) is 1. The van der Waals surface area contributed by atoms with E-state index in [-0.39, 0.29) is 17.6 Å². The lowest BCUT2D eigenvalue weighted by molar-refractivity contribution is -0.384. The number of carbonyl (C=O) groups is 1. The van der Waals surface area contributed by atoms with E-state index in [1.165, 1.54) is 18.5 Å². The zero-order chi connectivity index (χ0) is 22.7. The van der Waals surface area contributed by atoms with Gasteiger partial charge >= 0.3 is 0 Å². The third-order valence-corrected chi connectivity index (χ3v) is 4.70. The molecule has 0 fully saturated rings. The maximum Gasteiger partial charge on any atom is 0.270 e. The summed E-state index contributed by atoms with van der Waals surface area (Å²) in [4.78, 5) is 39.5. The zero-order valence-corrected chi connectivity index (χ0v) is 17.0. The Balaban J connectivity index is 1.45. The molecule has 9 nitrogen and oxygen atoms in total. The van der Waals surface area contributed by atoms with Gasteiger partial charge in [-0.1, -0.05) is 12.1 Å². The molecule has 0 spiro atoms. The minimum Gasteiger partial charge on any atom is -0.457 e. The van der Waals surface area contributed by atoms with Crippen molar-refractivity contribution in [1.29, 1.82) is 0 Å². The van der Waals surface area contributed by atoms with Crippen LogP contribution in [0.5, 0.6) is 11.5 Å². The van der Waals surface area contributed by atoms with E-state index in [2.05, 4.69) is 10.3 Å². The largest absolute Gasteiger partial charge is 0.457 e. The number of nitro groups is 1. The zero-order valence-electron chi connectivity index (χ0n) is 17.0. The third-order valence-electron chi connectivity index (χ3n) is 4.70. The van der Waals surface area contributed by atoms with Crippen molar-refractivity contribution >= 4 is 28.2 Å². The molecule has 4 aromatic rings. The Morgan fingerprint density at radius 3 is 2.59 bits per heavy atom. The average Bonchev–Trinajstić information content (AvgIpc) is 2.77. The number of aryl methyl sites for hydroxylation is 1. The van der Waals surface area contributed by atoms with Crippen molar-refractivity contribution in [2.75, 3.05) is 5.32 Å². The lowest BCUT2D eigenvalue weighted by Crippen LogP contribution is -2.27. The summed E-state index contributed by atoms with van der Waals surface area (Å²) >= 11 is 0. The van der Waals surface area contributed by atoms with Gasteiger partial charge in [0.25, 0.3) is 11.2 Å². The molecule has 0 unspecified atom stereocenters. The number of carbonyl (C=O) groups excluding carboxylic acids is 1. The van der Waals surface area contributed by atoms with Gasteiger partial charge in [-0.15, -0.1) is 0 Å². The van der Waals surface area contributed by atoms with Crippen LogP contribution in [0.15, 0.2) is 77.9 Å². The summed E-state index contributed by atoms with van der Waals surface area (Å²) < 4.78 is 6.89. The highest BCUT2D eigenvalue weighted by atomic mass is 16.6. The smallest absolute Gasteiger partial charge is 0.270 e. The summed E-state index contributed by atoms with van der Waals surface area (Å²) in [6.45, 7) is 1.69. The van der Waals surface area contributed by atoms with E-state index in [0.29, 0.717) is 22.7 Å². The van der Waals surface area contributed by atoms with E-state index < -0.39 is 16.4 Å². The number of hydrogen-bond donors (Lipinski definition) is 1. The average molecular weight is 430 g/mol. The molecule has 0 aliphatic carbocycles. The van der Waals surface area contributed by atoms with Gasteiger partial charge in [-0.2, -0.15) is 0 Å². The van der Waals surface area contributed by atoms with E-state index in [9.17, 15) is 19.7 Å². The maximum absolute atomic E-state index is 12.6. The van der Waals surface area contributed by atoms with Crippen LogP contribution >= 0.6 is 0 Å². The highest BCUT2D eigenvalue weighted by molar-refractivity contribution is 5.90. The topological polar surface area (TPSA) is 116 Å². The van der Waals surface area contributed by atoms with Gasteiger partial charge in [0, 0.05) is 17.8 Å². The van der Waals surface area contributed by atoms with Gasteiger partial charge in [0.15, 0.2) is 0 Å². The Kier molecular flexibility index (Phi) is 5.63. The molecule has 0 atom stereocenters. The highest BCUT2D eigenvalue weighted by Crippen LogP contribution is 2.23. The van der Waals surface area contributed by atoms with Crippen LogP contribution in [0.2, 0.25) is 0 Å². The van der Waals surface area contributed by atoms with Crippen LogP contribution in [0, 0.1) is 17.0 Å². The number of amides is 1. The van der Waals surface area contributed by atoms with Gasteiger partial charge in [-0.3, -0.25) is 24.3 Å². The van der Waals surface area contributed by atoms with Gasteiger partial charge in [0.1, 0.15) is 18.0 Å². The molecule has 32 heavy (non-hydrogen) atoms. The Labute approximate surface area is 182 Å². The van der Waals surface area contributed by atoms with Crippen LogP contribution in [0.1, 0.15) is 5.56 Å². The summed E-state index contributed by atoms with van der Waals surface area (Å²) in [7, 11) is 0. The van der Waals surface area contributed by atoms with Crippen molar-refractivity contribution < 1.29 is 14.5 Å². The summed E-state index contributed by atoms with van der Waals surface area (Å²) in [5, 5.41) is 13.7. The Hall–Kier alpha value is -4.53. The molecule has 0 bridgehead atoms. The number of benzene rings is 3. The van der Waals surface area contributed by atoms with Crippen LogP contribution in [0.4, 0.5) is 11.4 Å². The number of hydrogen-bond acceptors (Lipinski definition) is 6. The number of ether oxygens (including phenoxy) is 1. The van der Waals surface area contributed by atoms with Crippen molar-refractivity contribution in [2.45, 2.75) is 13.5 Å². The SMILES string of the molecule is Cc1cccc(Oc2ccc(NC(=O)Cn3cnc4ccc([N+](=O)[O-])cc4c3=O)cc2)c1. The Morgan fingerprint density at radius 1 is 1.09 bits per heavy atom. The van der Waals surface area contributed by atoms with Gasteiger partial charge in [-0.25, -0.2) is 4.98 Å². The first kappa shape index (κ1) is 20.7. The molecule has 3 aromatic carbocycles. The van der Waals surface area contributed by atoms with Crippen molar-refractivity contribution in [3.8, 4) is 11.5 Å². The molecule has 9 heteroatoms. The standard InChI is InChI=1S/C23H18N4O5/c1-15-3-2-4-19(11-15)32-18-8-5-16(6-9-18)25-22(28)13-26-14-24-21-10-7-17(27(30)31)12-20(21)23(26)29/h2-12,14H,13H2,1H3,(H,25,28). The second kappa shape index (κ2) is 8.68. The quantitative estimate of drug-likeness (QED) is 0.364. The summed E-state index contributed by atoms with van der Waals surface area (Å²) in [5.74, 6) is 0.890. The van der Waals surface area contributed by atoms with Gasteiger partial charge in [-0.05, 0) is 55.0 Å².